The molecule has 1 unspecified atom stereocenters. The van der Waals surface area contributed by atoms with Gasteiger partial charge in [-0.1, -0.05) is 30.3 Å². The van der Waals surface area contributed by atoms with Gasteiger partial charge in [0.15, 0.2) is 0 Å². The summed E-state index contributed by atoms with van der Waals surface area (Å²) >= 11 is 0. The second-order valence-electron chi connectivity index (χ2n) is 5.03. The highest BCUT2D eigenvalue weighted by Gasteiger charge is 2.10. The molecular formula is C18H17NO2. The molecule has 0 saturated heterocycles. The molecule has 1 heterocycles. The maximum Gasteiger partial charge on any atom is 0.119 e. The molecule has 0 bridgehead atoms. The lowest BCUT2D eigenvalue weighted by atomic mass is 10.00. The van der Waals surface area contributed by atoms with Crippen LogP contribution in [0.1, 0.15) is 17.2 Å². The first-order valence-corrected chi connectivity index (χ1v) is 6.92. The molecule has 106 valence electrons. The zero-order valence-electron chi connectivity index (χ0n) is 11.9. The van der Waals surface area contributed by atoms with Gasteiger partial charge in [-0.15, -0.1) is 0 Å². The number of hydrogen-bond donors (Lipinski definition) is 1. The Kier molecular flexibility index (Phi) is 3.84. The number of methoxy groups -OCH3 is 1. The second-order valence-corrected chi connectivity index (χ2v) is 5.03. The Hall–Kier alpha value is -2.39. The fraction of sp³-hybridized carbons (Fsp3) is 0.167. The van der Waals surface area contributed by atoms with E-state index in [1.807, 2.05) is 54.6 Å². The monoisotopic (exact) mass is 279 g/mol. The van der Waals surface area contributed by atoms with E-state index in [0.29, 0.717) is 6.42 Å². The zero-order valence-corrected chi connectivity index (χ0v) is 11.9. The molecular weight excluding hydrogens is 262 g/mol. The van der Waals surface area contributed by atoms with Gasteiger partial charge in [-0.25, -0.2) is 0 Å². The molecule has 3 nitrogen and oxygen atoms in total. The van der Waals surface area contributed by atoms with Crippen LogP contribution < -0.4 is 4.74 Å². The molecule has 0 fully saturated rings. The van der Waals surface area contributed by atoms with Crippen molar-refractivity contribution in [1.82, 2.24) is 4.98 Å². The maximum atomic E-state index is 10.4. The standard InChI is InChI=1S/C18H17NO2/c1-21-16-6-2-4-13(10-16)11-18(20)15-8-7-14-5-3-9-19-17(14)12-15/h2-10,12,18,20H,11H2,1H3. The van der Waals surface area contributed by atoms with Gasteiger partial charge in [0.2, 0.25) is 0 Å². The Morgan fingerprint density at radius 3 is 2.86 bits per heavy atom. The van der Waals surface area contributed by atoms with E-state index < -0.39 is 6.10 Å². The van der Waals surface area contributed by atoms with Gasteiger partial charge in [0.05, 0.1) is 18.7 Å². The number of aliphatic hydroxyl groups excluding tert-OH is 1. The summed E-state index contributed by atoms with van der Waals surface area (Å²) in [6.45, 7) is 0. The Morgan fingerprint density at radius 1 is 1.10 bits per heavy atom. The van der Waals surface area contributed by atoms with Gasteiger partial charge in [-0.05, 0) is 35.4 Å². The average Bonchev–Trinajstić information content (AvgIpc) is 2.54. The highest BCUT2D eigenvalue weighted by Crippen LogP contribution is 2.23. The molecule has 0 radical (unpaired) electrons. The van der Waals surface area contributed by atoms with Crippen molar-refractivity contribution in [3.63, 3.8) is 0 Å². The third kappa shape index (κ3) is 3.03. The number of aliphatic hydroxyl groups is 1. The van der Waals surface area contributed by atoms with E-state index in [-0.39, 0.29) is 0 Å². The molecule has 0 amide bonds. The largest absolute Gasteiger partial charge is 0.497 e. The first kappa shape index (κ1) is 13.6. The predicted octanol–water partition coefficient (Wildman–Crippen LogP) is 3.52. The number of fused-ring (bicyclic) bond motifs is 1. The van der Waals surface area contributed by atoms with E-state index >= 15 is 0 Å². The Labute approximate surface area is 123 Å². The summed E-state index contributed by atoms with van der Waals surface area (Å²) in [5, 5.41) is 11.5. The fourth-order valence-electron chi connectivity index (χ4n) is 2.43. The van der Waals surface area contributed by atoms with Gasteiger partial charge in [-0.3, -0.25) is 4.98 Å². The molecule has 3 rings (SSSR count). The number of ether oxygens (including phenoxy) is 1. The molecule has 1 aromatic heterocycles. The molecule has 0 aliphatic heterocycles. The van der Waals surface area contributed by atoms with Crippen molar-refractivity contribution in [2.75, 3.05) is 7.11 Å². The number of aromatic nitrogens is 1. The maximum absolute atomic E-state index is 10.4. The van der Waals surface area contributed by atoms with E-state index in [0.717, 1.165) is 27.8 Å². The summed E-state index contributed by atoms with van der Waals surface area (Å²) < 4.78 is 5.21. The summed E-state index contributed by atoms with van der Waals surface area (Å²) in [5.41, 5.74) is 2.83. The van der Waals surface area contributed by atoms with Gasteiger partial charge in [0.25, 0.3) is 0 Å². The van der Waals surface area contributed by atoms with Crippen molar-refractivity contribution < 1.29 is 9.84 Å². The lowest BCUT2D eigenvalue weighted by molar-refractivity contribution is 0.178. The summed E-state index contributed by atoms with van der Waals surface area (Å²) in [7, 11) is 1.64. The van der Waals surface area contributed by atoms with Gasteiger partial charge >= 0.3 is 0 Å². The van der Waals surface area contributed by atoms with E-state index in [2.05, 4.69) is 4.98 Å². The Morgan fingerprint density at radius 2 is 2.00 bits per heavy atom. The Balaban J connectivity index is 1.84. The topological polar surface area (TPSA) is 42.4 Å². The van der Waals surface area contributed by atoms with Crippen LogP contribution in [0, 0.1) is 0 Å². The smallest absolute Gasteiger partial charge is 0.119 e. The van der Waals surface area contributed by atoms with Crippen LogP contribution in [0.4, 0.5) is 0 Å². The summed E-state index contributed by atoms with van der Waals surface area (Å²) in [6, 6.07) is 17.6. The van der Waals surface area contributed by atoms with E-state index in [1.165, 1.54) is 0 Å². The Bertz CT molecular complexity index is 755. The van der Waals surface area contributed by atoms with Gasteiger partial charge in [0, 0.05) is 18.0 Å². The van der Waals surface area contributed by atoms with Crippen LogP contribution in [0.5, 0.6) is 5.75 Å². The first-order valence-electron chi connectivity index (χ1n) is 6.92. The first-order chi connectivity index (χ1) is 10.3. The van der Waals surface area contributed by atoms with E-state index in [9.17, 15) is 5.11 Å². The molecule has 0 aliphatic rings. The van der Waals surface area contributed by atoms with Gasteiger partial charge < -0.3 is 9.84 Å². The minimum Gasteiger partial charge on any atom is -0.497 e. The molecule has 1 atom stereocenters. The minimum absolute atomic E-state index is 0.551. The molecule has 0 spiro atoms. The fourth-order valence-corrected chi connectivity index (χ4v) is 2.43. The molecule has 0 aliphatic carbocycles. The summed E-state index contributed by atoms with van der Waals surface area (Å²) in [5.74, 6) is 0.805. The molecule has 2 aromatic carbocycles. The van der Waals surface area contributed by atoms with Crippen molar-refractivity contribution in [2.24, 2.45) is 0 Å². The van der Waals surface area contributed by atoms with E-state index in [1.54, 1.807) is 13.3 Å². The van der Waals surface area contributed by atoms with Crippen molar-refractivity contribution in [2.45, 2.75) is 12.5 Å². The zero-order chi connectivity index (χ0) is 14.7. The lowest BCUT2D eigenvalue weighted by Crippen LogP contribution is -2.02. The molecule has 0 saturated carbocycles. The molecule has 3 aromatic rings. The highest BCUT2D eigenvalue weighted by molar-refractivity contribution is 5.78. The minimum atomic E-state index is -0.552. The van der Waals surface area contributed by atoms with Crippen LogP contribution in [-0.2, 0) is 6.42 Å². The average molecular weight is 279 g/mol. The number of rotatable bonds is 4. The molecule has 21 heavy (non-hydrogen) atoms. The third-order valence-corrected chi connectivity index (χ3v) is 3.58. The van der Waals surface area contributed by atoms with Crippen LogP contribution in [0.2, 0.25) is 0 Å². The van der Waals surface area contributed by atoms with Crippen molar-refractivity contribution in [1.29, 1.82) is 0 Å². The van der Waals surface area contributed by atoms with Crippen molar-refractivity contribution in [3.8, 4) is 5.75 Å². The predicted molar refractivity (Wildman–Crippen MR) is 83.4 cm³/mol. The van der Waals surface area contributed by atoms with Crippen LogP contribution in [0.25, 0.3) is 10.9 Å². The SMILES string of the molecule is COc1cccc(CC(O)c2ccc3cccnc3c2)c1. The van der Waals surface area contributed by atoms with Gasteiger partial charge in [0.1, 0.15) is 5.75 Å². The van der Waals surface area contributed by atoms with Crippen molar-refractivity contribution in [3.05, 3.63) is 71.9 Å². The normalized spacial score (nSPS) is 12.3. The van der Waals surface area contributed by atoms with Crippen LogP contribution in [-0.4, -0.2) is 17.2 Å². The van der Waals surface area contributed by atoms with Crippen LogP contribution >= 0.6 is 0 Å². The number of pyridine rings is 1. The second kappa shape index (κ2) is 5.94. The van der Waals surface area contributed by atoms with E-state index in [4.69, 9.17) is 4.74 Å². The summed E-state index contributed by atoms with van der Waals surface area (Å²) in [4.78, 5) is 4.33. The third-order valence-electron chi connectivity index (χ3n) is 3.58. The highest BCUT2D eigenvalue weighted by atomic mass is 16.5. The summed E-state index contributed by atoms with van der Waals surface area (Å²) in [6.07, 6.45) is 1.76. The molecule has 1 N–H and O–H groups in total. The quantitative estimate of drug-likeness (QED) is 0.794. The molecule has 3 heteroatoms. The number of benzene rings is 2. The van der Waals surface area contributed by atoms with Crippen LogP contribution in [0.15, 0.2) is 60.8 Å². The number of nitrogens with zero attached hydrogens (tertiary/aromatic N) is 1. The lowest BCUT2D eigenvalue weighted by Gasteiger charge is -2.12. The van der Waals surface area contributed by atoms with Crippen LogP contribution in [0.3, 0.4) is 0 Å². The van der Waals surface area contributed by atoms with Crippen molar-refractivity contribution >= 4 is 10.9 Å². The number of hydrogen-bond acceptors (Lipinski definition) is 3. The van der Waals surface area contributed by atoms with Gasteiger partial charge in [-0.2, -0.15) is 0 Å².